The molecule has 1 amide bonds. The third-order valence-corrected chi connectivity index (χ3v) is 7.97. The zero-order valence-corrected chi connectivity index (χ0v) is 25.3. The van der Waals surface area contributed by atoms with E-state index in [1.807, 2.05) is 62.2 Å². The molecule has 9 heteroatoms. The lowest BCUT2D eigenvalue weighted by Crippen LogP contribution is -2.44. The standard InChI is InChI=1S/C35H35FN6O2/c1-23-17-33(44-22-23)27-18-29(21-30(19-27)42-15-13-40(3)14-16-42)38-34(43)26-6-5-24(2)32(20-26)41(4)35-37-12-11-31(39-35)25-7-9-28(36)10-8-25/h5-12,17-22H,13-16H2,1-4H3,(H,38,43). The molecule has 8 nitrogen and oxygen atoms in total. The maximum atomic E-state index is 13.7. The topological polar surface area (TPSA) is 77.7 Å². The predicted molar refractivity (Wildman–Crippen MR) is 173 cm³/mol. The number of rotatable bonds is 7. The Morgan fingerprint density at radius 1 is 0.932 bits per heavy atom. The number of halogens is 1. The van der Waals surface area contributed by atoms with Crippen LogP contribution < -0.4 is 15.1 Å². The zero-order chi connectivity index (χ0) is 30.8. The van der Waals surface area contributed by atoms with Crippen molar-refractivity contribution in [2.45, 2.75) is 13.8 Å². The lowest BCUT2D eigenvalue weighted by Gasteiger charge is -2.34. The number of nitrogens with one attached hydrogen (secondary N) is 1. The lowest BCUT2D eigenvalue weighted by molar-refractivity contribution is 0.102. The van der Waals surface area contributed by atoms with E-state index < -0.39 is 0 Å². The molecule has 224 valence electrons. The summed E-state index contributed by atoms with van der Waals surface area (Å²) in [5.41, 5.74) is 7.43. The molecule has 1 saturated heterocycles. The molecule has 5 aromatic rings. The molecule has 2 aromatic heterocycles. The Bertz CT molecular complexity index is 1790. The molecule has 0 unspecified atom stereocenters. The minimum atomic E-state index is -0.302. The Kier molecular flexibility index (Phi) is 8.13. The first-order valence-corrected chi connectivity index (χ1v) is 14.6. The van der Waals surface area contributed by atoms with Gasteiger partial charge in [0, 0.05) is 73.2 Å². The summed E-state index contributed by atoms with van der Waals surface area (Å²) in [5, 5.41) is 3.13. The van der Waals surface area contributed by atoms with Gasteiger partial charge in [0.15, 0.2) is 0 Å². The largest absolute Gasteiger partial charge is 0.464 e. The average Bonchev–Trinajstić information content (AvgIpc) is 3.48. The van der Waals surface area contributed by atoms with Crippen LogP contribution in [0.1, 0.15) is 21.5 Å². The number of likely N-dealkylation sites (N-methyl/N-ethyl adjacent to an activating group) is 1. The van der Waals surface area contributed by atoms with Crippen molar-refractivity contribution >= 4 is 28.9 Å². The average molecular weight is 591 g/mol. The minimum absolute atomic E-state index is 0.224. The number of benzene rings is 3. The van der Waals surface area contributed by atoms with Crippen LogP contribution in [0.15, 0.2) is 89.7 Å². The Morgan fingerprint density at radius 2 is 1.70 bits per heavy atom. The van der Waals surface area contributed by atoms with Gasteiger partial charge in [0.1, 0.15) is 11.6 Å². The molecule has 0 atom stereocenters. The summed E-state index contributed by atoms with van der Waals surface area (Å²) >= 11 is 0. The number of anilines is 4. The van der Waals surface area contributed by atoms with Crippen LogP contribution in [0.3, 0.4) is 0 Å². The second-order valence-corrected chi connectivity index (χ2v) is 11.3. The van der Waals surface area contributed by atoms with Crippen molar-refractivity contribution < 1.29 is 13.6 Å². The number of nitrogens with zero attached hydrogens (tertiary/aromatic N) is 5. The Balaban J connectivity index is 1.27. The van der Waals surface area contributed by atoms with Crippen LogP contribution in [-0.4, -0.2) is 61.0 Å². The molecule has 6 rings (SSSR count). The number of hydrogen-bond acceptors (Lipinski definition) is 7. The Labute approximate surface area is 256 Å². The van der Waals surface area contributed by atoms with Gasteiger partial charge in [-0.05, 0) is 98.8 Å². The van der Waals surface area contributed by atoms with E-state index in [1.165, 1.54) is 12.1 Å². The van der Waals surface area contributed by atoms with Gasteiger partial charge in [0.2, 0.25) is 5.95 Å². The number of carbonyl (C=O) groups is 1. The van der Waals surface area contributed by atoms with E-state index in [-0.39, 0.29) is 11.7 Å². The van der Waals surface area contributed by atoms with Crippen molar-refractivity contribution in [1.29, 1.82) is 0 Å². The summed E-state index contributed by atoms with van der Waals surface area (Å²) < 4.78 is 19.3. The van der Waals surface area contributed by atoms with Crippen molar-refractivity contribution in [1.82, 2.24) is 14.9 Å². The summed E-state index contributed by atoms with van der Waals surface area (Å²) in [4.78, 5) is 29.3. The molecule has 3 heterocycles. The first-order valence-electron chi connectivity index (χ1n) is 14.6. The van der Waals surface area contributed by atoms with Crippen LogP contribution >= 0.6 is 0 Å². The molecule has 44 heavy (non-hydrogen) atoms. The van der Waals surface area contributed by atoms with E-state index in [4.69, 9.17) is 9.40 Å². The number of carbonyl (C=O) groups excluding carboxylic acids is 1. The van der Waals surface area contributed by atoms with Crippen molar-refractivity contribution in [3.05, 3.63) is 108 Å². The maximum absolute atomic E-state index is 13.7. The molecule has 3 aromatic carbocycles. The van der Waals surface area contributed by atoms with Gasteiger partial charge >= 0.3 is 0 Å². The van der Waals surface area contributed by atoms with Crippen LogP contribution in [0.25, 0.3) is 22.6 Å². The molecule has 0 saturated carbocycles. The van der Waals surface area contributed by atoms with Crippen LogP contribution in [0.2, 0.25) is 0 Å². The van der Waals surface area contributed by atoms with Gasteiger partial charge in [-0.2, -0.15) is 0 Å². The zero-order valence-electron chi connectivity index (χ0n) is 25.3. The van der Waals surface area contributed by atoms with E-state index in [2.05, 4.69) is 33.2 Å². The lowest BCUT2D eigenvalue weighted by atomic mass is 10.1. The first-order chi connectivity index (χ1) is 21.2. The normalized spacial score (nSPS) is 13.6. The van der Waals surface area contributed by atoms with E-state index in [0.717, 1.165) is 65.6 Å². The predicted octanol–water partition coefficient (Wildman–Crippen LogP) is 6.93. The molecular weight excluding hydrogens is 555 g/mol. The first kappa shape index (κ1) is 29.1. The molecule has 0 aliphatic carbocycles. The third kappa shape index (κ3) is 6.33. The summed E-state index contributed by atoms with van der Waals surface area (Å²) in [5.74, 6) is 0.698. The fourth-order valence-electron chi connectivity index (χ4n) is 5.37. The maximum Gasteiger partial charge on any atom is 0.255 e. The van der Waals surface area contributed by atoms with Gasteiger partial charge in [0.05, 0.1) is 12.0 Å². The highest BCUT2D eigenvalue weighted by molar-refractivity contribution is 6.05. The number of amides is 1. The Hall–Kier alpha value is -5.02. The quantitative estimate of drug-likeness (QED) is 0.220. The molecule has 1 aliphatic rings. The second-order valence-electron chi connectivity index (χ2n) is 11.3. The summed E-state index contributed by atoms with van der Waals surface area (Å²) in [7, 11) is 4.00. The van der Waals surface area contributed by atoms with Gasteiger partial charge in [0.25, 0.3) is 5.91 Å². The van der Waals surface area contributed by atoms with Crippen molar-refractivity contribution in [3.63, 3.8) is 0 Å². The second kappa shape index (κ2) is 12.3. The van der Waals surface area contributed by atoms with Crippen LogP contribution in [0.5, 0.6) is 0 Å². The molecule has 1 fully saturated rings. The van der Waals surface area contributed by atoms with E-state index >= 15 is 0 Å². The number of aromatic nitrogens is 2. The van der Waals surface area contributed by atoms with Gasteiger partial charge in [-0.25, -0.2) is 14.4 Å². The molecule has 1 N–H and O–H groups in total. The third-order valence-electron chi connectivity index (χ3n) is 7.97. The van der Waals surface area contributed by atoms with Crippen molar-refractivity contribution in [2.24, 2.45) is 0 Å². The number of furan rings is 1. The van der Waals surface area contributed by atoms with Crippen molar-refractivity contribution in [3.8, 4) is 22.6 Å². The fraction of sp³-hybridized carbons (Fsp3) is 0.229. The number of piperazine rings is 1. The van der Waals surface area contributed by atoms with Gasteiger partial charge in [-0.1, -0.05) is 6.07 Å². The molecule has 1 aliphatic heterocycles. The Morgan fingerprint density at radius 3 is 2.43 bits per heavy atom. The molecular formula is C35H35FN6O2. The summed E-state index contributed by atoms with van der Waals surface area (Å²) in [6.45, 7) is 7.74. The summed E-state index contributed by atoms with van der Waals surface area (Å²) in [6.07, 6.45) is 3.41. The molecule has 0 bridgehead atoms. The fourth-order valence-corrected chi connectivity index (χ4v) is 5.37. The highest BCUT2D eigenvalue weighted by atomic mass is 19.1. The van der Waals surface area contributed by atoms with E-state index in [0.29, 0.717) is 22.9 Å². The van der Waals surface area contributed by atoms with Crippen LogP contribution in [-0.2, 0) is 0 Å². The van der Waals surface area contributed by atoms with E-state index in [9.17, 15) is 9.18 Å². The van der Waals surface area contributed by atoms with E-state index in [1.54, 1.807) is 30.7 Å². The highest BCUT2D eigenvalue weighted by Crippen LogP contribution is 2.32. The molecule has 0 spiro atoms. The van der Waals surface area contributed by atoms with Gasteiger partial charge < -0.3 is 24.4 Å². The monoisotopic (exact) mass is 590 g/mol. The van der Waals surface area contributed by atoms with Crippen molar-refractivity contribution in [2.75, 3.05) is 55.4 Å². The summed E-state index contributed by atoms with van der Waals surface area (Å²) in [6, 6.07) is 21.7. The van der Waals surface area contributed by atoms with Crippen LogP contribution in [0.4, 0.5) is 27.4 Å². The SMILES string of the molecule is Cc1coc(-c2cc(NC(=O)c3ccc(C)c(N(C)c4nccc(-c5ccc(F)cc5)n4)c3)cc(N3CCN(C)CC3)c2)c1. The highest BCUT2D eigenvalue weighted by Gasteiger charge is 2.19. The van der Waals surface area contributed by atoms with Crippen LogP contribution in [0, 0.1) is 19.7 Å². The smallest absolute Gasteiger partial charge is 0.255 e. The van der Waals surface area contributed by atoms with Gasteiger partial charge in [-0.3, -0.25) is 4.79 Å². The van der Waals surface area contributed by atoms with Gasteiger partial charge in [-0.15, -0.1) is 0 Å². The molecule has 0 radical (unpaired) electrons. The number of aryl methyl sites for hydroxylation is 2. The number of hydrogen-bond donors (Lipinski definition) is 1. The minimum Gasteiger partial charge on any atom is -0.464 e.